The van der Waals surface area contributed by atoms with Crippen molar-refractivity contribution in [2.75, 3.05) is 57.5 Å². The number of sulfone groups is 1. The Hall–Kier alpha value is -2.87. The summed E-state index contributed by atoms with van der Waals surface area (Å²) in [6.07, 6.45) is 9.52. The zero-order valence-electron chi connectivity index (χ0n) is 32.3. The van der Waals surface area contributed by atoms with Gasteiger partial charge in [-0.2, -0.15) is 0 Å². The zero-order chi connectivity index (χ0) is 36.3. The van der Waals surface area contributed by atoms with E-state index in [1.54, 1.807) is 0 Å². The molecule has 0 N–H and O–H groups in total. The van der Waals surface area contributed by atoms with Crippen LogP contribution in [0.15, 0.2) is 71.6 Å². The molecule has 278 valence electrons. The lowest BCUT2D eigenvalue weighted by Crippen LogP contribution is -2.48. The van der Waals surface area contributed by atoms with Gasteiger partial charge in [0.05, 0.1) is 10.6 Å². The van der Waals surface area contributed by atoms with E-state index in [-0.39, 0.29) is 16.6 Å². The molecule has 2 fully saturated rings. The molecular formula is C44H63N3O3S. The van der Waals surface area contributed by atoms with Crippen LogP contribution in [-0.2, 0) is 28.4 Å². The number of piperazine rings is 1. The molecule has 1 atom stereocenters. The van der Waals surface area contributed by atoms with Crippen molar-refractivity contribution in [2.45, 2.75) is 109 Å². The number of ether oxygens (including phenoxy) is 1. The Morgan fingerprint density at radius 1 is 0.765 bits per heavy atom. The summed E-state index contributed by atoms with van der Waals surface area (Å²) in [5, 5.41) is 0. The van der Waals surface area contributed by atoms with E-state index in [9.17, 15) is 8.42 Å². The van der Waals surface area contributed by atoms with Crippen LogP contribution >= 0.6 is 0 Å². The van der Waals surface area contributed by atoms with E-state index in [1.165, 1.54) is 37.2 Å². The molecule has 3 aromatic carbocycles. The molecule has 0 aromatic heterocycles. The molecule has 0 radical (unpaired) electrons. The molecule has 3 aromatic rings. The van der Waals surface area contributed by atoms with Crippen molar-refractivity contribution in [1.82, 2.24) is 9.80 Å². The van der Waals surface area contributed by atoms with Crippen LogP contribution in [0, 0.1) is 10.8 Å². The van der Waals surface area contributed by atoms with Crippen LogP contribution in [0.25, 0.3) is 0 Å². The van der Waals surface area contributed by atoms with Gasteiger partial charge in [0.15, 0.2) is 9.84 Å². The maximum Gasteiger partial charge on any atom is 0.179 e. The van der Waals surface area contributed by atoms with Crippen LogP contribution in [0.1, 0.15) is 108 Å². The summed E-state index contributed by atoms with van der Waals surface area (Å²) < 4.78 is 35.4. The van der Waals surface area contributed by atoms with Crippen molar-refractivity contribution in [1.29, 1.82) is 0 Å². The van der Waals surface area contributed by atoms with E-state index in [4.69, 9.17) is 4.74 Å². The van der Waals surface area contributed by atoms with Crippen LogP contribution in [0.3, 0.4) is 0 Å². The van der Waals surface area contributed by atoms with Gasteiger partial charge in [-0.05, 0) is 102 Å². The Morgan fingerprint density at radius 3 is 1.94 bits per heavy atom. The minimum Gasteiger partial charge on any atom is -0.489 e. The number of unbranched alkanes of at least 4 members (excludes halogenated alkanes) is 2. The van der Waals surface area contributed by atoms with Crippen LogP contribution in [0.2, 0.25) is 0 Å². The summed E-state index contributed by atoms with van der Waals surface area (Å²) >= 11 is 0. The van der Waals surface area contributed by atoms with Crippen molar-refractivity contribution in [3.63, 3.8) is 0 Å². The highest BCUT2D eigenvalue weighted by Gasteiger charge is 2.70. The average Bonchev–Trinajstić information content (AvgIpc) is 3.96. The van der Waals surface area contributed by atoms with Gasteiger partial charge >= 0.3 is 0 Å². The second-order valence-electron chi connectivity index (χ2n) is 16.3. The second kappa shape index (κ2) is 15.6. The van der Waals surface area contributed by atoms with Gasteiger partial charge in [0.1, 0.15) is 12.4 Å². The van der Waals surface area contributed by atoms with Crippen LogP contribution in [-0.4, -0.2) is 70.8 Å². The van der Waals surface area contributed by atoms with Gasteiger partial charge in [-0.25, -0.2) is 8.42 Å². The van der Waals surface area contributed by atoms with Crippen molar-refractivity contribution in [2.24, 2.45) is 10.8 Å². The predicted molar refractivity (Wildman–Crippen MR) is 212 cm³/mol. The van der Waals surface area contributed by atoms with Gasteiger partial charge in [0.2, 0.25) is 0 Å². The van der Waals surface area contributed by atoms with Gasteiger partial charge in [0.25, 0.3) is 0 Å². The van der Waals surface area contributed by atoms with Gasteiger partial charge in [-0.3, -0.25) is 4.90 Å². The Bertz CT molecular complexity index is 1700. The highest BCUT2D eigenvalue weighted by molar-refractivity contribution is 7.91. The molecule has 0 bridgehead atoms. The van der Waals surface area contributed by atoms with Gasteiger partial charge in [-0.1, -0.05) is 89.8 Å². The average molecular weight is 714 g/mol. The Balaban J connectivity index is 1.26. The topological polar surface area (TPSA) is 53.1 Å². The van der Waals surface area contributed by atoms with Crippen molar-refractivity contribution in [3.05, 3.63) is 89.0 Å². The molecule has 0 amide bonds. The Labute approximate surface area is 309 Å². The fraction of sp³-hybridized carbons (Fsp3) is 0.591. The third-order valence-electron chi connectivity index (χ3n) is 12.8. The quantitative estimate of drug-likeness (QED) is 0.157. The van der Waals surface area contributed by atoms with E-state index in [2.05, 4.69) is 97.0 Å². The minimum absolute atomic E-state index is 0.124. The molecular weight excluding hydrogens is 651 g/mol. The SMILES string of the molecule is CCCCC1(CCCC)CS(=O)(=O)c2ccc(N(C)C)cc2C(C)(c2ccc(OCc3ccc(CN4CCN(CCC)CC4)cc3)cc2)C12CC2. The summed E-state index contributed by atoms with van der Waals surface area (Å²) in [6, 6.07) is 23.6. The summed E-state index contributed by atoms with van der Waals surface area (Å²) in [4.78, 5) is 7.76. The molecule has 3 aliphatic rings. The lowest BCUT2D eigenvalue weighted by Gasteiger charge is -2.50. The fourth-order valence-electron chi connectivity index (χ4n) is 9.73. The summed E-state index contributed by atoms with van der Waals surface area (Å²) in [5.41, 5.74) is 4.87. The normalized spacial score (nSPS) is 22.3. The smallest absolute Gasteiger partial charge is 0.179 e. The van der Waals surface area contributed by atoms with E-state index in [0.717, 1.165) is 93.6 Å². The lowest BCUT2D eigenvalue weighted by atomic mass is 9.52. The fourth-order valence-corrected chi connectivity index (χ4v) is 12.1. The van der Waals surface area contributed by atoms with Crippen LogP contribution in [0.5, 0.6) is 5.75 Å². The van der Waals surface area contributed by atoms with Gasteiger partial charge in [-0.15, -0.1) is 0 Å². The first kappa shape index (κ1) is 37.9. The van der Waals surface area contributed by atoms with E-state index in [1.807, 2.05) is 26.2 Å². The number of fused-ring (bicyclic) bond motifs is 1. The Morgan fingerprint density at radius 2 is 1.37 bits per heavy atom. The monoisotopic (exact) mass is 713 g/mol. The highest BCUT2D eigenvalue weighted by Crippen LogP contribution is 2.75. The third kappa shape index (κ3) is 7.50. The second-order valence-corrected chi connectivity index (χ2v) is 18.2. The predicted octanol–water partition coefficient (Wildman–Crippen LogP) is 9.10. The molecule has 1 saturated carbocycles. The molecule has 1 aliphatic carbocycles. The molecule has 7 heteroatoms. The van der Waals surface area contributed by atoms with Crippen molar-refractivity contribution in [3.8, 4) is 5.75 Å². The largest absolute Gasteiger partial charge is 0.489 e. The first-order valence-corrected chi connectivity index (χ1v) is 21.5. The number of benzene rings is 3. The lowest BCUT2D eigenvalue weighted by molar-refractivity contribution is 0.0718. The minimum atomic E-state index is -3.51. The van der Waals surface area contributed by atoms with E-state index < -0.39 is 15.3 Å². The molecule has 6 rings (SSSR count). The number of nitrogens with zero attached hydrogens (tertiary/aromatic N) is 3. The molecule has 1 spiro atoms. The summed E-state index contributed by atoms with van der Waals surface area (Å²) in [7, 11) is 0.571. The van der Waals surface area contributed by atoms with E-state index in [0.29, 0.717) is 11.5 Å². The molecule has 2 aliphatic heterocycles. The zero-order valence-corrected chi connectivity index (χ0v) is 33.2. The summed E-state index contributed by atoms with van der Waals surface area (Å²) in [5.74, 6) is 1.09. The number of anilines is 1. The van der Waals surface area contributed by atoms with Crippen molar-refractivity contribution < 1.29 is 13.2 Å². The number of rotatable bonds is 15. The van der Waals surface area contributed by atoms with Gasteiger partial charge in [0, 0.05) is 57.9 Å². The first-order chi connectivity index (χ1) is 24.5. The maximum absolute atomic E-state index is 14.5. The molecule has 1 saturated heterocycles. The maximum atomic E-state index is 14.5. The Kier molecular flexibility index (Phi) is 11.6. The highest BCUT2D eigenvalue weighted by atomic mass is 32.2. The third-order valence-corrected chi connectivity index (χ3v) is 14.8. The number of hydrogen-bond donors (Lipinski definition) is 0. The van der Waals surface area contributed by atoms with Gasteiger partial charge < -0.3 is 14.5 Å². The van der Waals surface area contributed by atoms with E-state index >= 15 is 0 Å². The first-order valence-electron chi connectivity index (χ1n) is 19.8. The van der Waals surface area contributed by atoms with Crippen LogP contribution < -0.4 is 9.64 Å². The van der Waals surface area contributed by atoms with Crippen molar-refractivity contribution >= 4 is 15.5 Å². The molecule has 51 heavy (non-hydrogen) atoms. The van der Waals surface area contributed by atoms with Crippen LogP contribution in [0.4, 0.5) is 5.69 Å². The molecule has 2 heterocycles. The molecule has 1 unspecified atom stereocenters. The summed E-state index contributed by atoms with van der Waals surface area (Å²) in [6.45, 7) is 16.4. The molecule has 6 nitrogen and oxygen atoms in total. The number of hydrogen-bond acceptors (Lipinski definition) is 6. The standard InChI is InChI=1S/C44H63N3O3S/c1-7-10-22-43(23-11-8-2)34-51(48,49)41-21-18-38(45(5)6)31-40(41)42(4,44(43)24-25-44)37-16-19-39(20-17-37)50-33-36-14-12-35(13-15-36)32-47-29-27-46(26-9-3)28-30-47/h12-21,31H,7-11,22-30,32-34H2,1-6H3.